The Morgan fingerprint density at radius 3 is 2.59 bits per heavy atom. The van der Waals surface area contributed by atoms with Gasteiger partial charge in [-0.05, 0) is 32.9 Å². The number of benzene rings is 1. The highest BCUT2D eigenvalue weighted by atomic mass is 16.6. The summed E-state index contributed by atoms with van der Waals surface area (Å²) in [4.78, 5) is 33.6. The number of non-ortho nitro benzene ring substituents is 1. The van der Waals surface area contributed by atoms with Crippen LogP contribution in [0.4, 0.5) is 10.5 Å². The predicted molar refractivity (Wildman–Crippen MR) is 95.3 cm³/mol. The lowest BCUT2D eigenvalue weighted by Crippen LogP contribution is -2.44. The van der Waals surface area contributed by atoms with Crippen molar-refractivity contribution in [2.45, 2.75) is 38.8 Å². The lowest BCUT2D eigenvalue weighted by Gasteiger charge is -2.21. The van der Waals surface area contributed by atoms with Gasteiger partial charge in [0.05, 0.1) is 4.92 Å². The average molecular weight is 376 g/mol. The predicted octanol–water partition coefficient (Wildman–Crippen LogP) is 3.38. The topological polar surface area (TPSA) is 132 Å². The number of hydrogen-bond donors (Lipinski definition) is 2. The molecule has 1 unspecified atom stereocenters. The molecule has 1 atom stereocenters. The van der Waals surface area contributed by atoms with Crippen molar-refractivity contribution in [3.05, 3.63) is 52.3 Å². The first kappa shape index (κ1) is 20.0. The number of carboxylic acid groups (broad SMARTS) is 1. The third-order valence-electron chi connectivity index (χ3n) is 3.40. The molecule has 2 aromatic rings. The summed E-state index contributed by atoms with van der Waals surface area (Å²) in [6.45, 7) is 5.00. The van der Waals surface area contributed by atoms with Crippen LogP contribution < -0.4 is 5.32 Å². The lowest BCUT2D eigenvalue weighted by atomic mass is 10.1. The summed E-state index contributed by atoms with van der Waals surface area (Å²) in [6, 6.07) is 7.78. The maximum Gasteiger partial charge on any atom is 0.408 e. The van der Waals surface area contributed by atoms with Gasteiger partial charge in [0.15, 0.2) is 0 Å². The quantitative estimate of drug-likeness (QED) is 0.583. The minimum atomic E-state index is -1.25. The lowest BCUT2D eigenvalue weighted by molar-refractivity contribution is -0.384. The van der Waals surface area contributed by atoms with Crippen LogP contribution in [0.25, 0.3) is 11.3 Å². The van der Waals surface area contributed by atoms with Crippen molar-refractivity contribution in [3.63, 3.8) is 0 Å². The number of alkyl carbamates (subject to hydrolysis) is 1. The molecule has 2 rings (SSSR count). The second-order valence-electron chi connectivity index (χ2n) is 6.81. The number of nitrogens with zero attached hydrogens (tertiary/aromatic N) is 1. The largest absolute Gasteiger partial charge is 0.480 e. The first-order chi connectivity index (χ1) is 12.5. The van der Waals surface area contributed by atoms with Crippen LogP contribution in [0.15, 0.2) is 40.8 Å². The van der Waals surface area contributed by atoms with E-state index in [1.165, 1.54) is 18.2 Å². The number of furan rings is 1. The van der Waals surface area contributed by atoms with E-state index in [2.05, 4.69) is 5.32 Å². The first-order valence-corrected chi connectivity index (χ1v) is 8.11. The van der Waals surface area contributed by atoms with Gasteiger partial charge in [-0.3, -0.25) is 10.1 Å². The number of carboxylic acids is 1. The molecule has 0 saturated heterocycles. The molecule has 0 aliphatic heterocycles. The number of nitrogens with one attached hydrogen (secondary N) is 1. The molecule has 1 heterocycles. The fourth-order valence-electron chi connectivity index (χ4n) is 2.27. The number of hydrogen-bond acceptors (Lipinski definition) is 6. The van der Waals surface area contributed by atoms with Gasteiger partial charge in [0, 0.05) is 24.1 Å². The molecule has 1 amide bonds. The second-order valence-corrected chi connectivity index (χ2v) is 6.81. The standard InChI is InChI=1S/C18H20N2O7/c1-18(2,3)27-17(23)19-14(16(21)22)10-13-7-8-15(26-13)11-5-4-6-12(9-11)20(24)25/h4-9,14H,10H2,1-3H3,(H,19,23)(H,21,22). The summed E-state index contributed by atoms with van der Waals surface area (Å²) in [6.07, 6.45) is -0.955. The number of aliphatic carboxylic acids is 1. The number of carbonyl (C=O) groups excluding carboxylic acids is 1. The van der Waals surface area contributed by atoms with E-state index in [9.17, 15) is 24.8 Å². The SMILES string of the molecule is CC(C)(C)OC(=O)NC(Cc1ccc(-c2cccc([N+](=O)[O-])c2)o1)C(=O)O. The molecule has 9 heteroatoms. The summed E-state index contributed by atoms with van der Waals surface area (Å²) in [5.41, 5.74) is -0.351. The van der Waals surface area contributed by atoms with E-state index in [-0.39, 0.29) is 12.1 Å². The zero-order valence-corrected chi connectivity index (χ0v) is 15.1. The molecule has 9 nitrogen and oxygen atoms in total. The van der Waals surface area contributed by atoms with Gasteiger partial charge in [0.25, 0.3) is 5.69 Å². The molecule has 27 heavy (non-hydrogen) atoms. The van der Waals surface area contributed by atoms with Crippen molar-refractivity contribution in [3.8, 4) is 11.3 Å². The fourth-order valence-corrected chi connectivity index (χ4v) is 2.27. The van der Waals surface area contributed by atoms with Gasteiger partial charge in [0.1, 0.15) is 23.2 Å². The molecule has 0 radical (unpaired) electrons. The van der Waals surface area contributed by atoms with Gasteiger partial charge in [-0.1, -0.05) is 12.1 Å². The Hall–Kier alpha value is -3.36. The summed E-state index contributed by atoms with van der Waals surface area (Å²) >= 11 is 0. The Kier molecular flexibility index (Phi) is 5.84. The van der Waals surface area contributed by atoms with Crippen LogP contribution in [0.2, 0.25) is 0 Å². The van der Waals surface area contributed by atoms with Crippen molar-refractivity contribution >= 4 is 17.7 Å². The molecule has 0 saturated carbocycles. The molecule has 0 aliphatic carbocycles. The highest BCUT2D eigenvalue weighted by Gasteiger charge is 2.25. The zero-order valence-electron chi connectivity index (χ0n) is 15.1. The van der Waals surface area contributed by atoms with Crippen molar-refractivity contribution < 1.29 is 28.8 Å². The van der Waals surface area contributed by atoms with Gasteiger partial charge in [0.2, 0.25) is 0 Å². The molecular formula is C18H20N2O7. The highest BCUT2D eigenvalue weighted by molar-refractivity contribution is 5.80. The van der Waals surface area contributed by atoms with Crippen LogP contribution in [0.3, 0.4) is 0 Å². The molecule has 2 N–H and O–H groups in total. The van der Waals surface area contributed by atoms with Crippen LogP contribution in [0, 0.1) is 10.1 Å². The Morgan fingerprint density at radius 1 is 1.30 bits per heavy atom. The minimum absolute atomic E-state index is 0.0829. The van der Waals surface area contributed by atoms with Crippen molar-refractivity contribution in [2.24, 2.45) is 0 Å². The van der Waals surface area contributed by atoms with E-state index in [0.29, 0.717) is 17.1 Å². The maximum absolute atomic E-state index is 11.8. The molecule has 0 bridgehead atoms. The van der Waals surface area contributed by atoms with E-state index in [4.69, 9.17) is 9.15 Å². The molecule has 1 aromatic carbocycles. The average Bonchev–Trinajstić information content (AvgIpc) is 3.01. The van der Waals surface area contributed by atoms with Crippen molar-refractivity contribution in [2.75, 3.05) is 0 Å². The summed E-state index contributed by atoms with van der Waals surface area (Å²) < 4.78 is 10.6. The molecule has 1 aromatic heterocycles. The smallest absolute Gasteiger partial charge is 0.408 e. The number of carbonyl (C=O) groups is 2. The van der Waals surface area contributed by atoms with E-state index >= 15 is 0 Å². The Balaban J connectivity index is 2.12. The summed E-state index contributed by atoms with van der Waals surface area (Å²) in [5, 5.41) is 22.5. The third-order valence-corrected chi connectivity index (χ3v) is 3.40. The second kappa shape index (κ2) is 7.90. The number of ether oxygens (including phenoxy) is 1. The molecule has 0 fully saturated rings. The minimum Gasteiger partial charge on any atom is -0.480 e. The van der Waals surface area contributed by atoms with E-state index in [1.807, 2.05) is 0 Å². The number of nitro benzene ring substituents is 1. The molecule has 0 aliphatic rings. The van der Waals surface area contributed by atoms with Gasteiger partial charge >= 0.3 is 12.1 Å². The number of amides is 1. The summed E-state index contributed by atoms with van der Waals surface area (Å²) in [7, 11) is 0. The summed E-state index contributed by atoms with van der Waals surface area (Å²) in [5.74, 6) is -0.579. The monoisotopic (exact) mass is 376 g/mol. The normalized spacial score (nSPS) is 12.3. The van der Waals surface area contributed by atoms with E-state index in [1.54, 1.807) is 39.0 Å². The Labute approximate surface area is 155 Å². The van der Waals surface area contributed by atoms with Crippen molar-refractivity contribution in [1.82, 2.24) is 5.32 Å². The Morgan fingerprint density at radius 2 is 2.00 bits per heavy atom. The van der Waals surface area contributed by atoms with Gasteiger partial charge in [-0.25, -0.2) is 9.59 Å². The van der Waals surface area contributed by atoms with Crippen LogP contribution in [0.5, 0.6) is 0 Å². The van der Waals surface area contributed by atoms with Gasteiger partial charge < -0.3 is 19.6 Å². The molecule has 0 spiro atoms. The van der Waals surface area contributed by atoms with Gasteiger partial charge in [-0.15, -0.1) is 0 Å². The van der Waals surface area contributed by atoms with Gasteiger partial charge in [-0.2, -0.15) is 0 Å². The number of nitro groups is 1. The van der Waals surface area contributed by atoms with Crippen LogP contribution in [0.1, 0.15) is 26.5 Å². The zero-order chi connectivity index (χ0) is 20.2. The van der Waals surface area contributed by atoms with E-state index in [0.717, 1.165) is 0 Å². The Bertz CT molecular complexity index is 851. The highest BCUT2D eigenvalue weighted by Crippen LogP contribution is 2.26. The third kappa shape index (κ3) is 5.84. The van der Waals surface area contributed by atoms with Crippen LogP contribution in [-0.4, -0.2) is 33.7 Å². The van der Waals surface area contributed by atoms with E-state index < -0.39 is 28.6 Å². The maximum atomic E-state index is 11.8. The van der Waals surface area contributed by atoms with Crippen molar-refractivity contribution in [1.29, 1.82) is 0 Å². The first-order valence-electron chi connectivity index (χ1n) is 8.11. The van der Waals surface area contributed by atoms with Crippen LogP contribution >= 0.6 is 0 Å². The van der Waals surface area contributed by atoms with Crippen LogP contribution in [-0.2, 0) is 16.0 Å². The number of rotatable bonds is 6. The molecule has 144 valence electrons. The molecular weight excluding hydrogens is 356 g/mol. The fraction of sp³-hybridized carbons (Fsp3) is 0.333.